The molecule has 2 atom stereocenters. The maximum atomic E-state index is 12.9. The Bertz CT molecular complexity index is 848. The topological polar surface area (TPSA) is 55.2 Å². The van der Waals surface area contributed by atoms with Crippen LogP contribution in [0.3, 0.4) is 0 Å². The van der Waals surface area contributed by atoms with E-state index in [0.717, 1.165) is 30.8 Å². The number of alkyl halides is 3. The number of rotatable bonds is 4. The first-order valence-electron chi connectivity index (χ1n) is 7.36. The molecule has 0 saturated heterocycles. The van der Waals surface area contributed by atoms with Crippen molar-refractivity contribution >= 4 is 26.2 Å². The van der Waals surface area contributed by atoms with E-state index in [4.69, 9.17) is 0 Å². The van der Waals surface area contributed by atoms with E-state index in [9.17, 15) is 17.4 Å². The molecule has 1 fully saturated rings. The second-order valence-corrected chi connectivity index (χ2v) is 9.35. The molecular formula is C15H16F3N3OS2. The smallest absolute Gasteiger partial charge is 0.251 e. The third-order valence-electron chi connectivity index (χ3n) is 3.97. The Hall–Kier alpha value is -1.48. The van der Waals surface area contributed by atoms with E-state index in [2.05, 4.69) is 14.3 Å². The number of halogens is 3. The average molecular weight is 375 g/mol. The lowest BCUT2D eigenvalue weighted by Gasteiger charge is -2.14. The monoisotopic (exact) mass is 375 g/mol. The second kappa shape index (κ2) is 6.11. The van der Waals surface area contributed by atoms with E-state index in [1.54, 1.807) is 6.92 Å². The Morgan fingerprint density at radius 3 is 2.62 bits per heavy atom. The van der Waals surface area contributed by atoms with E-state index in [1.165, 1.54) is 23.7 Å². The summed E-state index contributed by atoms with van der Waals surface area (Å²) in [6, 6.07) is 2.20. The lowest BCUT2D eigenvalue weighted by molar-refractivity contribution is -0.141. The molecule has 0 bridgehead atoms. The Labute approximate surface area is 142 Å². The molecule has 0 N–H and O–H groups in total. The van der Waals surface area contributed by atoms with Gasteiger partial charge in [-0.05, 0) is 31.4 Å². The van der Waals surface area contributed by atoms with Crippen LogP contribution in [0.2, 0.25) is 0 Å². The number of hydrogen-bond donors (Lipinski definition) is 0. The van der Waals surface area contributed by atoms with E-state index in [1.807, 2.05) is 5.38 Å². The van der Waals surface area contributed by atoms with Crippen molar-refractivity contribution in [1.82, 2.24) is 9.97 Å². The third kappa shape index (κ3) is 3.77. The molecular weight excluding hydrogens is 359 g/mol. The molecule has 1 aliphatic carbocycles. The number of hydrogen-bond acceptors (Lipinski definition) is 5. The van der Waals surface area contributed by atoms with Gasteiger partial charge in [0, 0.05) is 23.8 Å². The highest BCUT2D eigenvalue weighted by Gasteiger charge is 2.32. The zero-order chi connectivity index (χ0) is 17.5. The number of thiazole rings is 1. The fourth-order valence-corrected chi connectivity index (χ4v) is 4.58. The Morgan fingerprint density at radius 2 is 2.08 bits per heavy atom. The van der Waals surface area contributed by atoms with Crippen LogP contribution in [-0.4, -0.2) is 20.4 Å². The summed E-state index contributed by atoms with van der Waals surface area (Å²) >= 11 is 1.34. The Morgan fingerprint density at radius 1 is 1.38 bits per heavy atom. The molecule has 1 aliphatic rings. The predicted octanol–water partition coefficient (Wildman–Crippen LogP) is 4.92. The van der Waals surface area contributed by atoms with Gasteiger partial charge in [-0.25, -0.2) is 9.19 Å². The lowest BCUT2D eigenvalue weighted by Crippen LogP contribution is -2.11. The molecule has 4 nitrogen and oxygen atoms in total. The van der Waals surface area contributed by atoms with Crippen LogP contribution in [0.25, 0.3) is 0 Å². The summed E-state index contributed by atoms with van der Waals surface area (Å²) < 4.78 is 54.8. The summed E-state index contributed by atoms with van der Waals surface area (Å²) in [7, 11) is -2.71. The standard InChI is InChI=1S/C15H16F3N3OS2/c1-9(11-5-6-13(19-7-11)15(16,17)18)24(2,22)21-14-20-12(8-23-14)10-3-4-10/h5-10H,3-4H2,1-2H3. The van der Waals surface area contributed by atoms with Gasteiger partial charge in [0.25, 0.3) is 0 Å². The molecule has 1 saturated carbocycles. The first-order valence-corrected chi connectivity index (χ1v) is 10.2. The van der Waals surface area contributed by atoms with Crippen LogP contribution in [0.15, 0.2) is 28.1 Å². The second-order valence-electron chi connectivity index (χ2n) is 5.90. The minimum absolute atomic E-state index is 0.455. The van der Waals surface area contributed by atoms with Crippen molar-refractivity contribution in [3.63, 3.8) is 0 Å². The van der Waals surface area contributed by atoms with Crippen molar-refractivity contribution < 1.29 is 17.4 Å². The van der Waals surface area contributed by atoms with E-state index in [0.29, 0.717) is 16.6 Å². The molecule has 0 aliphatic heterocycles. The molecule has 0 spiro atoms. The van der Waals surface area contributed by atoms with Gasteiger partial charge < -0.3 is 0 Å². The molecule has 2 unspecified atom stereocenters. The Balaban J connectivity index is 1.84. The highest BCUT2D eigenvalue weighted by Crippen LogP contribution is 2.41. The molecule has 0 amide bonds. The van der Waals surface area contributed by atoms with Gasteiger partial charge in [0.2, 0.25) is 5.13 Å². The Kier molecular flexibility index (Phi) is 4.41. The SMILES string of the molecule is CC(c1ccc(C(F)(F)F)nc1)S(C)(=O)=Nc1nc(C2CC2)cs1. The van der Waals surface area contributed by atoms with Gasteiger partial charge in [0.05, 0.1) is 20.7 Å². The largest absolute Gasteiger partial charge is 0.433 e. The van der Waals surface area contributed by atoms with Crippen LogP contribution >= 0.6 is 11.3 Å². The zero-order valence-corrected chi connectivity index (χ0v) is 14.7. The zero-order valence-electron chi connectivity index (χ0n) is 13.1. The highest BCUT2D eigenvalue weighted by atomic mass is 32.2. The van der Waals surface area contributed by atoms with Crippen LogP contribution < -0.4 is 0 Å². The van der Waals surface area contributed by atoms with Crippen molar-refractivity contribution in [3.05, 3.63) is 40.7 Å². The quantitative estimate of drug-likeness (QED) is 0.762. The normalized spacial score (nSPS) is 18.9. The molecule has 0 radical (unpaired) electrons. The summed E-state index contributed by atoms with van der Waals surface area (Å²) in [6.45, 7) is 1.67. The van der Waals surface area contributed by atoms with Crippen molar-refractivity contribution in [3.8, 4) is 0 Å². The summed E-state index contributed by atoms with van der Waals surface area (Å²) in [5.74, 6) is 0.495. The highest BCUT2D eigenvalue weighted by molar-refractivity contribution is 7.93. The molecule has 9 heteroatoms. The molecule has 24 heavy (non-hydrogen) atoms. The third-order valence-corrected chi connectivity index (χ3v) is 6.95. The van der Waals surface area contributed by atoms with Gasteiger partial charge in [0.15, 0.2) is 0 Å². The van der Waals surface area contributed by atoms with Gasteiger partial charge in [-0.3, -0.25) is 4.98 Å². The minimum Gasteiger partial charge on any atom is -0.251 e. The first-order chi connectivity index (χ1) is 11.2. The molecule has 2 heterocycles. The van der Waals surface area contributed by atoms with Crippen LogP contribution in [0.1, 0.15) is 47.9 Å². The molecule has 0 aromatic carbocycles. The van der Waals surface area contributed by atoms with E-state index >= 15 is 0 Å². The van der Waals surface area contributed by atoms with Gasteiger partial charge >= 0.3 is 6.18 Å². The van der Waals surface area contributed by atoms with Crippen molar-refractivity contribution in [2.45, 2.75) is 37.1 Å². The first kappa shape index (κ1) is 17.3. The van der Waals surface area contributed by atoms with Crippen LogP contribution in [0, 0.1) is 0 Å². The van der Waals surface area contributed by atoms with Crippen LogP contribution in [-0.2, 0) is 15.9 Å². The van der Waals surface area contributed by atoms with Gasteiger partial charge in [-0.15, -0.1) is 11.3 Å². The number of nitrogens with zero attached hydrogens (tertiary/aromatic N) is 3. The molecule has 2 aromatic rings. The minimum atomic E-state index is -4.49. The fraction of sp³-hybridized carbons (Fsp3) is 0.467. The van der Waals surface area contributed by atoms with E-state index < -0.39 is 26.8 Å². The summed E-state index contributed by atoms with van der Waals surface area (Å²) in [4.78, 5) is 7.81. The predicted molar refractivity (Wildman–Crippen MR) is 87.9 cm³/mol. The summed E-state index contributed by atoms with van der Waals surface area (Å²) in [5, 5.41) is 1.83. The molecule has 130 valence electrons. The van der Waals surface area contributed by atoms with Crippen LogP contribution in [0.5, 0.6) is 0 Å². The molecule has 3 rings (SSSR count). The lowest BCUT2D eigenvalue weighted by atomic mass is 10.2. The van der Waals surface area contributed by atoms with Crippen molar-refractivity contribution in [1.29, 1.82) is 0 Å². The number of pyridine rings is 1. The molecule has 2 aromatic heterocycles. The fourth-order valence-electron chi connectivity index (χ4n) is 2.18. The number of aromatic nitrogens is 2. The van der Waals surface area contributed by atoms with Crippen LogP contribution in [0.4, 0.5) is 18.3 Å². The maximum Gasteiger partial charge on any atom is 0.433 e. The summed E-state index contributed by atoms with van der Waals surface area (Å²) in [5.41, 5.74) is 0.475. The van der Waals surface area contributed by atoms with Gasteiger partial charge in [-0.2, -0.15) is 17.5 Å². The van der Waals surface area contributed by atoms with Crippen molar-refractivity contribution in [2.75, 3.05) is 6.26 Å². The summed E-state index contributed by atoms with van der Waals surface area (Å²) in [6.07, 6.45) is 0.369. The maximum absolute atomic E-state index is 12.9. The van der Waals surface area contributed by atoms with Gasteiger partial charge in [-0.1, -0.05) is 6.07 Å². The van der Waals surface area contributed by atoms with Gasteiger partial charge in [0.1, 0.15) is 5.69 Å². The average Bonchev–Trinajstić information content (AvgIpc) is 3.26. The van der Waals surface area contributed by atoms with Crippen molar-refractivity contribution in [2.24, 2.45) is 4.36 Å². The van der Waals surface area contributed by atoms with E-state index in [-0.39, 0.29) is 0 Å².